The Balaban J connectivity index is 1.99. The van der Waals surface area contributed by atoms with E-state index in [2.05, 4.69) is 20.3 Å². The second-order valence-corrected chi connectivity index (χ2v) is 6.15. The van der Waals surface area contributed by atoms with Crippen LogP contribution in [0.2, 0.25) is 0 Å². The fourth-order valence-electron chi connectivity index (χ4n) is 3.14. The first kappa shape index (κ1) is 17.6. The smallest absolute Gasteiger partial charge is 0.180 e. The molecule has 0 aliphatic carbocycles. The molecule has 0 aliphatic rings. The van der Waals surface area contributed by atoms with Crippen LogP contribution in [-0.4, -0.2) is 43.8 Å². The highest BCUT2D eigenvalue weighted by Gasteiger charge is 2.18. The molecule has 0 atom stereocenters. The van der Waals surface area contributed by atoms with E-state index in [1.807, 2.05) is 40.9 Å². The number of nitrogens with zero attached hydrogens (tertiary/aromatic N) is 4. The standard InChI is InChI=1S/C20H19N7O/c21-11-15(12-23-7-9-28)17-18(27-8-6-25-20(27)19(22)26-17)14-3-4-16-13(10-14)2-1-5-24-16/h1-6,8,10-12,21,23,28H,7,9H2,(H2,22,26)/b15-12+,21-11?. The van der Waals surface area contributed by atoms with E-state index >= 15 is 0 Å². The fourth-order valence-corrected chi connectivity index (χ4v) is 3.14. The first-order valence-corrected chi connectivity index (χ1v) is 8.76. The van der Waals surface area contributed by atoms with Gasteiger partial charge in [0.1, 0.15) is 5.69 Å². The molecular formula is C20H19N7O. The molecule has 0 aliphatic heterocycles. The van der Waals surface area contributed by atoms with Gasteiger partial charge in [0.2, 0.25) is 0 Å². The highest BCUT2D eigenvalue weighted by molar-refractivity contribution is 6.10. The fraction of sp³-hybridized carbons (Fsp3) is 0.100. The SMILES string of the molecule is N=C/C(=C\NCCO)c1nc(N)c2nccn2c1-c1ccc2ncccc2c1. The van der Waals surface area contributed by atoms with Crippen molar-refractivity contribution in [2.45, 2.75) is 0 Å². The van der Waals surface area contributed by atoms with Crippen molar-refractivity contribution in [1.82, 2.24) is 24.7 Å². The number of nitrogens with two attached hydrogens (primary N) is 1. The second kappa shape index (κ2) is 7.45. The second-order valence-electron chi connectivity index (χ2n) is 6.15. The van der Waals surface area contributed by atoms with E-state index in [4.69, 9.17) is 16.2 Å². The van der Waals surface area contributed by atoms with Gasteiger partial charge in [-0.2, -0.15) is 0 Å². The zero-order chi connectivity index (χ0) is 19.5. The van der Waals surface area contributed by atoms with Crippen molar-refractivity contribution < 1.29 is 5.11 Å². The van der Waals surface area contributed by atoms with Crippen molar-refractivity contribution in [2.24, 2.45) is 0 Å². The van der Waals surface area contributed by atoms with Gasteiger partial charge in [-0.1, -0.05) is 12.1 Å². The van der Waals surface area contributed by atoms with Crippen LogP contribution in [0, 0.1) is 5.41 Å². The van der Waals surface area contributed by atoms with Gasteiger partial charge in [-0.25, -0.2) is 9.97 Å². The van der Waals surface area contributed by atoms with Crippen LogP contribution < -0.4 is 11.1 Å². The summed E-state index contributed by atoms with van der Waals surface area (Å²) in [4.78, 5) is 13.2. The summed E-state index contributed by atoms with van der Waals surface area (Å²) < 4.78 is 1.87. The summed E-state index contributed by atoms with van der Waals surface area (Å²) in [6, 6.07) is 9.83. The minimum Gasteiger partial charge on any atom is -0.395 e. The summed E-state index contributed by atoms with van der Waals surface area (Å²) >= 11 is 0. The Labute approximate surface area is 160 Å². The highest BCUT2D eigenvalue weighted by Crippen LogP contribution is 2.31. The summed E-state index contributed by atoms with van der Waals surface area (Å²) in [5.74, 6) is 0.279. The van der Waals surface area contributed by atoms with Crippen LogP contribution in [0.4, 0.5) is 5.82 Å². The number of nitrogen functional groups attached to an aromatic ring is 1. The molecular weight excluding hydrogens is 354 g/mol. The average Bonchev–Trinajstić information content (AvgIpc) is 3.21. The number of anilines is 1. The Morgan fingerprint density at radius 3 is 2.96 bits per heavy atom. The van der Waals surface area contributed by atoms with Crippen LogP contribution in [0.25, 0.3) is 33.4 Å². The number of fused-ring (bicyclic) bond motifs is 2. The lowest BCUT2D eigenvalue weighted by atomic mass is 10.0. The minimum absolute atomic E-state index is 0.0115. The van der Waals surface area contributed by atoms with E-state index in [0.29, 0.717) is 23.5 Å². The Hall–Kier alpha value is -3.78. The van der Waals surface area contributed by atoms with E-state index < -0.39 is 0 Å². The van der Waals surface area contributed by atoms with Gasteiger partial charge in [0, 0.05) is 54.1 Å². The third-order valence-electron chi connectivity index (χ3n) is 4.39. The molecule has 0 saturated heterocycles. The van der Waals surface area contributed by atoms with Gasteiger partial charge in [0.05, 0.1) is 17.8 Å². The van der Waals surface area contributed by atoms with Crippen molar-refractivity contribution in [3.63, 3.8) is 0 Å². The van der Waals surface area contributed by atoms with Crippen LogP contribution in [0.15, 0.2) is 55.1 Å². The lowest BCUT2D eigenvalue weighted by Crippen LogP contribution is -2.13. The molecule has 0 fully saturated rings. The zero-order valence-electron chi connectivity index (χ0n) is 15.0. The number of rotatable bonds is 6. The van der Waals surface area contributed by atoms with E-state index in [1.165, 1.54) is 6.21 Å². The van der Waals surface area contributed by atoms with Gasteiger partial charge in [0.25, 0.3) is 0 Å². The van der Waals surface area contributed by atoms with Gasteiger partial charge in [-0.3, -0.25) is 9.38 Å². The normalized spacial score (nSPS) is 11.8. The molecule has 0 unspecified atom stereocenters. The minimum atomic E-state index is -0.0115. The molecule has 3 aromatic heterocycles. The number of benzene rings is 1. The number of aromatic nitrogens is 4. The zero-order valence-corrected chi connectivity index (χ0v) is 15.0. The maximum Gasteiger partial charge on any atom is 0.180 e. The number of aliphatic hydroxyl groups excluding tert-OH is 1. The largest absolute Gasteiger partial charge is 0.395 e. The molecule has 1 aromatic carbocycles. The van der Waals surface area contributed by atoms with E-state index in [1.54, 1.807) is 18.6 Å². The molecule has 28 heavy (non-hydrogen) atoms. The Kier molecular flexibility index (Phi) is 4.69. The summed E-state index contributed by atoms with van der Waals surface area (Å²) in [5, 5.41) is 20.8. The molecule has 140 valence electrons. The predicted molar refractivity (Wildman–Crippen MR) is 110 cm³/mol. The monoisotopic (exact) mass is 373 g/mol. The maximum absolute atomic E-state index is 9.01. The van der Waals surface area contributed by atoms with Gasteiger partial charge in [-0.15, -0.1) is 0 Å². The number of hydrogen-bond acceptors (Lipinski definition) is 7. The lowest BCUT2D eigenvalue weighted by Gasteiger charge is -2.14. The quantitative estimate of drug-likeness (QED) is 0.303. The third-order valence-corrected chi connectivity index (χ3v) is 4.39. The Morgan fingerprint density at radius 1 is 1.25 bits per heavy atom. The highest BCUT2D eigenvalue weighted by atomic mass is 16.3. The molecule has 3 heterocycles. The number of aliphatic hydroxyl groups is 1. The Bertz CT molecular complexity index is 1200. The summed E-state index contributed by atoms with van der Waals surface area (Å²) in [5.41, 5.74) is 10.3. The predicted octanol–water partition coefficient (Wildman–Crippen LogP) is 2.10. The van der Waals surface area contributed by atoms with Crippen LogP contribution in [0.3, 0.4) is 0 Å². The summed E-state index contributed by atoms with van der Waals surface area (Å²) in [7, 11) is 0. The number of nitrogens with one attached hydrogen (secondary N) is 2. The van der Waals surface area contributed by atoms with Crippen LogP contribution in [-0.2, 0) is 0 Å². The van der Waals surface area contributed by atoms with Crippen molar-refractivity contribution in [2.75, 3.05) is 18.9 Å². The topological polar surface area (TPSA) is 125 Å². The van der Waals surface area contributed by atoms with E-state index in [9.17, 15) is 0 Å². The average molecular weight is 373 g/mol. The van der Waals surface area contributed by atoms with Crippen LogP contribution in [0.5, 0.6) is 0 Å². The molecule has 0 bridgehead atoms. The molecule has 5 N–H and O–H groups in total. The van der Waals surface area contributed by atoms with Crippen LogP contribution in [0.1, 0.15) is 5.69 Å². The van der Waals surface area contributed by atoms with Gasteiger partial charge in [0.15, 0.2) is 11.5 Å². The summed E-state index contributed by atoms with van der Waals surface area (Å²) in [6.45, 7) is 0.361. The molecule has 0 spiro atoms. The van der Waals surface area contributed by atoms with Gasteiger partial charge in [-0.05, 0) is 18.2 Å². The third kappa shape index (κ3) is 3.06. The van der Waals surface area contributed by atoms with E-state index in [0.717, 1.165) is 22.2 Å². The molecule has 4 aromatic rings. The van der Waals surface area contributed by atoms with E-state index in [-0.39, 0.29) is 12.4 Å². The Morgan fingerprint density at radius 2 is 2.14 bits per heavy atom. The molecule has 0 radical (unpaired) electrons. The number of imidazole rings is 1. The van der Waals surface area contributed by atoms with Gasteiger partial charge >= 0.3 is 0 Å². The van der Waals surface area contributed by atoms with Crippen LogP contribution >= 0.6 is 0 Å². The first-order valence-electron chi connectivity index (χ1n) is 8.76. The van der Waals surface area contributed by atoms with Gasteiger partial charge < -0.3 is 21.6 Å². The molecule has 8 nitrogen and oxygen atoms in total. The molecule has 8 heteroatoms. The maximum atomic E-state index is 9.01. The molecule has 0 amide bonds. The van der Waals surface area contributed by atoms with Crippen molar-refractivity contribution in [3.05, 3.63) is 60.8 Å². The number of hydrogen-bond donors (Lipinski definition) is 4. The molecule has 0 saturated carbocycles. The number of allylic oxidation sites excluding steroid dienone is 1. The van der Waals surface area contributed by atoms with Crippen molar-refractivity contribution >= 4 is 34.2 Å². The summed E-state index contributed by atoms with van der Waals surface area (Å²) in [6.07, 6.45) is 8.11. The molecule has 4 rings (SSSR count). The van der Waals surface area contributed by atoms with Crippen molar-refractivity contribution in [1.29, 1.82) is 5.41 Å². The number of pyridine rings is 1. The lowest BCUT2D eigenvalue weighted by molar-refractivity contribution is 0.298. The van der Waals surface area contributed by atoms with Crippen molar-refractivity contribution in [3.8, 4) is 11.3 Å². The first-order chi connectivity index (χ1) is 13.7.